The highest BCUT2D eigenvalue weighted by Crippen LogP contribution is 2.29. The van der Waals surface area contributed by atoms with Gasteiger partial charge in [-0.1, -0.05) is 50.1 Å². The Bertz CT molecular complexity index is 288. The molecule has 1 aromatic rings. The first kappa shape index (κ1) is 11.7. The maximum atomic E-state index is 2.67. The fourth-order valence-corrected chi connectivity index (χ4v) is 2.69. The molecule has 0 bridgehead atoms. The second kappa shape index (κ2) is 6.05. The van der Waals surface area contributed by atoms with Crippen LogP contribution in [-0.2, 0) is 0 Å². The number of nitrogens with zero attached hydrogens (tertiary/aromatic N) is 1. The Morgan fingerprint density at radius 3 is 2.44 bits per heavy atom. The molecule has 1 nitrogen and oxygen atoms in total. The van der Waals surface area contributed by atoms with Crippen LogP contribution in [0.4, 0.5) is 0 Å². The van der Waals surface area contributed by atoms with E-state index in [0.717, 1.165) is 0 Å². The summed E-state index contributed by atoms with van der Waals surface area (Å²) >= 11 is 0. The second-order valence-corrected chi connectivity index (χ2v) is 4.81. The summed E-state index contributed by atoms with van der Waals surface area (Å²) in [5, 5.41) is 0. The summed E-state index contributed by atoms with van der Waals surface area (Å²) in [7, 11) is 0. The van der Waals surface area contributed by atoms with Crippen LogP contribution >= 0.6 is 0 Å². The van der Waals surface area contributed by atoms with Crippen LogP contribution in [0, 0.1) is 0 Å². The molecule has 0 aliphatic carbocycles. The van der Waals surface area contributed by atoms with Gasteiger partial charge < -0.3 is 0 Å². The molecule has 0 aromatic heterocycles. The fourth-order valence-electron chi connectivity index (χ4n) is 2.69. The van der Waals surface area contributed by atoms with Crippen LogP contribution in [0.15, 0.2) is 30.3 Å². The van der Waals surface area contributed by atoms with Crippen molar-refractivity contribution in [2.75, 3.05) is 13.1 Å². The third-order valence-corrected chi connectivity index (χ3v) is 3.60. The lowest BCUT2D eigenvalue weighted by Crippen LogP contribution is -2.25. The number of unbranched alkanes of at least 4 members (excludes halogenated alkanes) is 1. The van der Waals surface area contributed by atoms with Crippen molar-refractivity contribution in [1.29, 1.82) is 0 Å². The highest BCUT2D eigenvalue weighted by molar-refractivity contribution is 5.19. The Morgan fingerprint density at radius 2 is 1.81 bits per heavy atom. The van der Waals surface area contributed by atoms with Crippen LogP contribution in [0.5, 0.6) is 0 Å². The topological polar surface area (TPSA) is 3.24 Å². The summed E-state index contributed by atoms with van der Waals surface area (Å²) in [6, 6.07) is 11.7. The molecule has 0 N–H and O–H groups in total. The average molecular weight is 217 g/mol. The second-order valence-electron chi connectivity index (χ2n) is 4.81. The van der Waals surface area contributed by atoms with E-state index in [1.165, 1.54) is 50.8 Å². The highest BCUT2D eigenvalue weighted by Gasteiger charge is 2.22. The van der Waals surface area contributed by atoms with Crippen LogP contribution in [-0.4, -0.2) is 18.0 Å². The van der Waals surface area contributed by atoms with E-state index in [1.807, 2.05) is 0 Å². The minimum Gasteiger partial charge on any atom is -0.296 e. The minimum atomic E-state index is 0.670. The molecule has 1 aliphatic heterocycles. The molecular formula is C15H23N. The molecule has 88 valence electrons. The predicted molar refractivity (Wildman–Crippen MR) is 69.5 cm³/mol. The Balaban J connectivity index is 2.07. The molecule has 0 radical (unpaired) electrons. The van der Waals surface area contributed by atoms with Crippen molar-refractivity contribution in [3.05, 3.63) is 35.9 Å². The Morgan fingerprint density at radius 1 is 1.12 bits per heavy atom. The van der Waals surface area contributed by atoms with Crippen molar-refractivity contribution >= 4 is 0 Å². The summed E-state index contributed by atoms with van der Waals surface area (Å²) in [5.41, 5.74) is 1.51. The quantitative estimate of drug-likeness (QED) is 0.720. The van der Waals surface area contributed by atoms with Gasteiger partial charge in [0.25, 0.3) is 0 Å². The summed E-state index contributed by atoms with van der Waals surface area (Å²) in [5.74, 6) is 0. The molecule has 0 spiro atoms. The van der Waals surface area contributed by atoms with E-state index in [0.29, 0.717) is 6.04 Å². The lowest BCUT2D eigenvalue weighted by Gasteiger charge is -2.28. The number of rotatable bonds is 5. The third kappa shape index (κ3) is 2.85. The molecule has 1 atom stereocenters. The van der Waals surface area contributed by atoms with Crippen LogP contribution in [0.1, 0.15) is 50.6 Å². The molecule has 1 heteroatoms. The van der Waals surface area contributed by atoms with Gasteiger partial charge in [0, 0.05) is 6.04 Å². The molecule has 0 amide bonds. The third-order valence-electron chi connectivity index (χ3n) is 3.60. The molecule has 1 aromatic carbocycles. The lowest BCUT2D eigenvalue weighted by molar-refractivity contribution is 0.229. The Kier molecular flexibility index (Phi) is 4.41. The molecule has 1 saturated heterocycles. The van der Waals surface area contributed by atoms with Gasteiger partial charge >= 0.3 is 0 Å². The average Bonchev–Trinajstić information content (AvgIpc) is 2.85. The molecule has 1 fully saturated rings. The standard InChI is InChI=1S/C15H23N/c1-2-3-11-15(16-12-7-8-13-16)14-9-5-4-6-10-14/h4-6,9-10,15H,2-3,7-8,11-13H2,1H3/t15-/m0/s1. The van der Waals surface area contributed by atoms with Crippen molar-refractivity contribution in [2.45, 2.75) is 45.1 Å². The van der Waals surface area contributed by atoms with Crippen molar-refractivity contribution in [3.8, 4) is 0 Å². The van der Waals surface area contributed by atoms with E-state index in [4.69, 9.17) is 0 Å². The van der Waals surface area contributed by atoms with Gasteiger partial charge in [0.1, 0.15) is 0 Å². The normalized spacial score (nSPS) is 18.8. The van der Waals surface area contributed by atoms with Crippen LogP contribution < -0.4 is 0 Å². The van der Waals surface area contributed by atoms with E-state index in [2.05, 4.69) is 42.2 Å². The Labute approximate surface area is 99.5 Å². The van der Waals surface area contributed by atoms with Gasteiger partial charge in [-0.05, 0) is 37.9 Å². The number of benzene rings is 1. The van der Waals surface area contributed by atoms with E-state index < -0.39 is 0 Å². The zero-order chi connectivity index (χ0) is 11.2. The first-order valence-electron chi connectivity index (χ1n) is 6.71. The molecule has 0 saturated carbocycles. The van der Waals surface area contributed by atoms with Crippen molar-refractivity contribution in [1.82, 2.24) is 4.90 Å². The summed E-state index contributed by atoms with van der Waals surface area (Å²) in [6.07, 6.45) is 6.73. The van der Waals surface area contributed by atoms with Gasteiger partial charge in [-0.25, -0.2) is 0 Å². The van der Waals surface area contributed by atoms with Crippen LogP contribution in [0.2, 0.25) is 0 Å². The zero-order valence-corrected chi connectivity index (χ0v) is 10.4. The number of likely N-dealkylation sites (tertiary alicyclic amines) is 1. The van der Waals surface area contributed by atoms with Gasteiger partial charge in [-0.15, -0.1) is 0 Å². The van der Waals surface area contributed by atoms with Gasteiger partial charge in [-0.3, -0.25) is 4.90 Å². The molecule has 1 heterocycles. The molecule has 2 rings (SSSR count). The summed E-state index contributed by atoms with van der Waals surface area (Å²) < 4.78 is 0. The van der Waals surface area contributed by atoms with E-state index >= 15 is 0 Å². The van der Waals surface area contributed by atoms with Crippen LogP contribution in [0.25, 0.3) is 0 Å². The van der Waals surface area contributed by atoms with E-state index in [-0.39, 0.29) is 0 Å². The van der Waals surface area contributed by atoms with Gasteiger partial charge in [0.05, 0.1) is 0 Å². The maximum absolute atomic E-state index is 2.67. The lowest BCUT2D eigenvalue weighted by atomic mass is 10.00. The van der Waals surface area contributed by atoms with E-state index in [9.17, 15) is 0 Å². The predicted octanol–water partition coefficient (Wildman–Crippen LogP) is 4.01. The molecule has 1 aliphatic rings. The Hall–Kier alpha value is -0.820. The SMILES string of the molecule is CCCC[C@@H](c1ccccc1)N1CCCC1. The minimum absolute atomic E-state index is 0.670. The molecule has 16 heavy (non-hydrogen) atoms. The molecular weight excluding hydrogens is 194 g/mol. The van der Waals surface area contributed by atoms with Crippen LogP contribution in [0.3, 0.4) is 0 Å². The highest BCUT2D eigenvalue weighted by atomic mass is 15.2. The largest absolute Gasteiger partial charge is 0.296 e. The first-order valence-corrected chi connectivity index (χ1v) is 6.71. The summed E-state index contributed by atoms with van der Waals surface area (Å²) in [4.78, 5) is 2.67. The van der Waals surface area contributed by atoms with E-state index in [1.54, 1.807) is 0 Å². The zero-order valence-electron chi connectivity index (χ0n) is 10.4. The number of hydrogen-bond acceptors (Lipinski definition) is 1. The fraction of sp³-hybridized carbons (Fsp3) is 0.600. The van der Waals surface area contributed by atoms with Crippen molar-refractivity contribution < 1.29 is 0 Å². The number of hydrogen-bond donors (Lipinski definition) is 0. The first-order chi connectivity index (χ1) is 7.92. The monoisotopic (exact) mass is 217 g/mol. The van der Waals surface area contributed by atoms with Crippen molar-refractivity contribution in [2.24, 2.45) is 0 Å². The smallest absolute Gasteiger partial charge is 0.0348 e. The van der Waals surface area contributed by atoms with Crippen molar-refractivity contribution in [3.63, 3.8) is 0 Å². The molecule has 0 unspecified atom stereocenters. The van der Waals surface area contributed by atoms with Gasteiger partial charge in [0.2, 0.25) is 0 Å². The maximum Gasteiger partial charge on any atom is 0.0348 e. The van der Waals surface area contributed by atoms with Gasteiger partial charge in [0.15, 0.2) is 0 Å². The summed E-state index contributed by atoms with van der Waals surface area (Å²) in [6.45, 7) is 4.87. The van der Waals surface area contributed by atoms with Gasteiger partial charge in [-0.2, -0.15) is 0 Å².